The number of carbonyl (C=O) groups excluding carboxylic acids is 1. The molecule has 1 aliphatic carbocycles. The summed E-state index contributed by atoms with van der Waals surface area (Å²) in [6.45, 7) is 3.69. The Labute approximate surface area is 111 Å². The van der Waals surface area contributed by atoms with Gasteiger partial charge in [-0.05, 0) is 44.8 Å². The topological polar surface area (TPSA) is 53.9 Å². The van der Waals surface area contributed by atoms with Gasteiger partial charge in [0.2, 0.25) is 5.91 Å². The quantitative estimate of drug-likeness (QED) is 0.851. The van der Waals surface area contributed by atoms with E-state index in [-0.39, 0.29) is 11.9 Å². The van der Waals surface area contributed by atoms with Crippen LogP contribution in [0.4, 0.5) is 0 Å². The van der Waals surface area contributed by atoms with Gasteiger partial charge in [-0.2, -0.15) is 5.10 Å². The monoisotopic (exact) mass is 266 g/mol. The fourth-order valence-corrected chi connectivity index (χ4v) is 2.93. The van der Waals surface area contributed by atoms with Crippen molar-refractivity contribution < 1.29 is 4.79 Å². The van der Waals surface area contributed by atoms with Crippen LogP contribution in [-0.4, -0.2) is 38.7 Å². The molecule has 1 aromatic heterocycles. The van der Waals surface area contributed by atoms with E-state index in [0.29, 0.717) is 10.7 Å². The van der Waals surface area contributed by atoms with Gasteiger partial charge in [0.1, 0.15) is 11.9 Å². The third-order valence-electron chi connectivity index (χ3n) is 3.84. The van der Waals surface area contributed by atoms with E-state index in [9.17, 15) is 4.79 Å². The molecule has 1 atom stereocenters. The van der Waals surface area contributed by atoms with Gasteiger partial charge in [0, 0.05) is 19.0 Å². The molecule has 18 heavy (non-hydrogen) atoms. The summed E-state index contributed by atoms with van der Waals surface area (Å²) in [6.07, 6.45) is 4.55. The van der Waals surface area contributed by atoms with Gasteiger partial charge in [-0.1, -0.05) is 0 Å². The van der Waals surface area contributed by atoms with Crippen LogP contribution in [0.3, 0.4) is 0 Å². The Kier molecular flexibility index (Phi) is 2.97. The first-order valence-corrected chi connectivity index (χ1v) is 7.05. The van der Waals surface area contributed by atoms with E-state index < -0.39 is 0 Å². The minimum atomic E-state index is -0.232. The van der Waals surface area contributed by atoms with Gasteiger partial charge in [-0.15, -0.1) is 0 Å². The van der Waals surface area contributed by atoms with Gasteiger partial charge in [-0.25, -0.2) is 0 Å². The van der Waals surface area contributed by atoms with Crippen LogP contribution in [0.5, 0.6) is 0 Å². The second-order valence-electron chi connectivity index (χ2n) is 5.24. The highest BCUT2D eigenvalue weighted by Crippen LogP contribution is 2.39. The number of nitrogens with zero attached hydrogens (tertiary/aromatic N) is 3. The zero-order valence-corrected chi connectivity index (χ0v) is 11.4. The molecule has 2 fully saturated rings. The Morgan fingerprint density at radius 2 is 2.11 bits per heavy atom. The molecule has 1 aromatic rings. The van der Waals surface area contributed by atoms with Crippen LogP contribution in [0.15, 0.2) is 0 Å². The van der Waals surface area contributed by atoms with Gasteiger partial charge in [0.05, 0.1) is 0 Å². The molecule has 1 amide bonds. The summed E-state index contributed by atoms with van der Waals surface area (Å²) < 4.78 is 2.48. The number of carbonyl (C=O) groups is 1. The summed E-state index contributed by atoms with van der Waals surface area (Å²) in [6, 6.07) is -0.232. The molecule has 0 radical (unpaired) electrons. The van der Waals surface area contributed by atoms with Crippen molar-refractivity contribution in [2.75, 3.05) is 13.1 Å². The standard InChI is InChI=1S/C12H18N4OS/c1-8(11(17)15-6-2-3-7-15)16-10(9-4-5-9)13-14-12(16)18/h8-9H,2-7H2,1H3,(H,14,18). The second kappa shape index (κ2) is 4.50. The molecule has 0 aromatic carbocycles. The molecule has 2 heterocycles. The molecule has 2 aliphatic rings. The van der Waals surface area contributed by atoms with Gasteiger partial charge in [0.15, 0.2) is 4.77 Å². The largest absolute Gasteiger partial charge is 0.341 e. The third kappa shape index (κ3) is 1.98. The van der Waals surface area contributed by atoms with Crippen molar-refractivity contribution in [1.82, 2.24) is 19.7 Å². The summed E-state index contributed by atoms with van der Waals surface area (Å²) in [4.78, 5) is 14.3. The lowest BCUT2D eigenvalue weighted by atomic mass is 10.2. The maximum Gasteiger partial charge on any atom is 0.245 e. The average Bonchev–Trinajstić information content (AvgIpc) is 2.91. The zero-order valence-electron chi connectivity index (χ0n) is 10.6. The molecule has 1 N–H and O–H groups in total. The molecule has 1 unspecified atom stereocenters. The second-order valence-corrected chi connectivity index (χ2v) is 5.63. The fourth-order valence-electron chi connectivity index (χ4n) is 2.63. The number of aromatic amines is 1. The number of rotatable bonds is 3. The Morgan fingerprint density at radius 3 is 2.72 bits per heavy atom. The highest BCUT2D eigenvalue weighted by atomic mass is 32.1. The third-order valence-corrected chi connectivity index (χ3v) is 4.12. The number of hydrogen-bond donors (Lipinski definition) is 1. The van der Waals surface area contributed by atoms with Crippen LogP contribution in [0.1, 0.15) is 50.4 Å². The van der Waals surface area contributed by atoms with E-state index in [2.05, 4.69) is 10.2 Å². The number of amides is 1. The van der Waals surface area contributed by atoms with Crippen LogP contribution in [0, 0.1) is 4.77 Å². The van der Waals surface area contributed by atoms with Crippen molar-refractivity contribution in [2.45, 2.75) is 44.6 Å². The molecule has 98 valence electrons. The smallest absolute Gasteiger partial charge is 0.245 e. The maximum absolute atomic E-state index is 12.4. The van der Waals surface area contributed by atoms with Gasteiger partial charge in [0.25, 0.3) is 0 Å². The first kappa shape index (κ1) is 11.9. The van der Waals surface area contributed by atoms with Crippen molar-refractivity contribution >= 4 is 18.1 Å². The van der Waals surface area contributed by atoms with Gasteiger partial charge in [-0.3, -0.25) is 14.5 Å². The number of likely N-dealkylation sites (tertiary alicyclic amines) is 1. The molecule has 1 saturated heterocycles. The van der Waals surface area contributed by atoms with Crippen molar-refractivity contribution in [2.24, 2.45) is 0 Å². The van der Waals surface area contributed by atoms with Gasteiger partial charge >= 0.3 is 0 Å². The van der Waals surface area contributed by atoms with Gasteiger partial charge < -0.3 is 4.90 Å². The average molecular weight is 266 g/mol. The molecular weight excluding hydrogens is 248 g/mol. The lowest BCUT2D eigenvalue weighted by molar-refractivity contribution is -0.133. The van der Waals surface area contributed by atoms with Crippen molar-refractivity contribution in [3.8, 4) is 0 Å². The molecule has 5 nitrogen and oxygen atoms in total. The van der Waals surface area contributed by atoms with Crippen LogP contribution < -0.4 is 0 Å². The minimum Gasteiger partial charge on any atom is -0.341 e. The SMILES string of the molecule is CC(C(=O)N1CCCC1)n1c(C2CC2)n[nH]c1=S. The van der Waals surface area contributed by atoms with Crippen LogP contribution in [-0.2, 0) is 4.79 Å². The molecule has 1 aliphatic heterocycles. The van der Waals surface area contributed by atoms with E-state index in [1.807, 2.05) is 16.4 Å². The van der Waals surface area contributed by atoms with Crippen molar-refractivity contribution in [3.63, 3.8) is 0 Å². The summed E-state index contributed by atoms with van der Waals surface area (Å²) in [5, 5.41) is 7.11. The van der Waals surface area contributed by atoms with Crippen LogP contribution in [0.2, 0.25) is 0 Å². The van der Waals surface area contributed by atoms with E-state index in [0.717, 1.165) is 44.6 Å². The summed E-state index contributed by atoms with van der Waals surface area (Å²) >= 11 is 5.26. The summed E-state index contributed by atoms with van der Waals surface area (Å²) in [7, 11) is 0. The minimum absolute atomic E-state index is 0.173. The molecular formula is C12H18N4OS. The van der Waals surface area contributed by atoms with Crippen LogP contribution in [0.25, 0.3) is 0 Å². The fraction of sp³-hybridized carbons (Fsp3) is 0.750. The van der Waals surface area contributed by atoms with E-state index in [1.54, 1.807) is 0 Å². The number of H-pyrrole nitrogens is 1. The van der Waals surface area contributed by atoms with Crippen molar-refractivity contribution in [1.29, 1.82) is 0 Å². The Bertz CT molecular complexity index is 510. The van der Waals surface area contributed by atoms with E-state index >= 15 is 0 Å². The van der Waals surface area contributed by atoms with Crippen LogP contribution >= 0.6 is 12.2 Å². The summed E-state index contributed by atoms with van der Waals surface area (Å²) in [5.74, 6) is 1.62. The maximum atomic E-state index is 12.4. The summed E-state index contributed by atoms with van der Waals surface area (Å²) in [5.41, 5.74) is 0. The molecule has 6 heteroatoms. The first-order valence-electron chi connectivity index (χ1n) is 6.64. The Balaban J connectivity index is 1.86. The number of nitrogens with one attached hydrogen (secondary N) is 1. The lowest BCUT2D eigenvalue weighted by Gasteiger charge is -2.22. The Hall–Kier alpha value is -1.17. The molecule has 3 rings (SSSR count). The normalized spacial score (nSPS) is 21.3. The van der Waals surface area contributed by atoms with E-state index in [1.165, 1.54) is 0 Å². The highest BCUT2D eigenvalue weighted by Gasteiger charge is 2.33. The Morgan fingerprint density at radius 1 is 1.44 bits per heavy atom. The number of aromatic nitrogens is 3. The molecule has 1 saturated carbocycles. The molecule has 0 spiro atoms. The van der Waals surface area contributed by atoms with E-state index in [4.69, 9.17) is 12.2 Å². The number of hydrogen-bond acceptors (Lipinski definition) is 3. The zero-order chi connectivity index (χ0) is 12.7. The van der Waals surface area contributed by atoms with Crippen molar-refractivity contribution in [3.05, 3.63) is 10.6 Å². The molecule has 0 bridgehead atoms. The highest BCUT2D eigenvalue weighted by molar-refractivity contribution is 7.71. The lowest BCUT2D eigenvalue weighted by Crippen LogP contribution is -2.34. The first-order chi connectivity index (χ1) is 8.68. The predicted octanol–water partition coefficient (Wildman–Crippen LogP) is 2.00. The predicted molar refractivity (Wildman–Crippen MR) is 69.9 cm³/mol.